The molecule has 3 aromatic rings. The summed E-state index contributed by atoms with van der Waals surface area (Å²) in [6.45, 7) is 4.94. The number of amides is 2. The minimum absolute atomic E-state index is 0.157. The number of aryl methyl sites for hydroxylation is 2. The summed E-state index contributed by atoms with van der Waals surface area (Å²) in [4.78, 5) is 40.7. The van der Waals surface area contributed by atoms with Crippen molar-refractivity contribution < 1.29 is 33.0 Å². The summed E-state index contributed by atoms with van der Waals surface area (Å²) in [7, 11) is 0. The van der Waals surface area contributed by atoms with Gasteiger partial charge in [0.2, 0.25) is 5.91 Å². The van der Waals surface area contributed by atoms with Crippen LogP contribution in [0, 0.1) is 25.7 Å². The Morgan fingerprint density at radius 1 is 1.11 bits per heavy atom. The smallest absolute Gasteiger partial charge is 0.412 e. The predicted molar refractivity (Wildman–Crippen MR) is 133 cm³/mol. The molecule has 13 heteroatoms. The fraction of sp³-hybridized carbons (Fsp3) is 0.292. The highest BCUT2D eigenvalue weighted by molar-refractivity contribution is 7.10. The molecule has 0 spiro atoms. The number of rotatable bonds is 7. The Balaban J connectivity index is 1.48. The van der Waals surface area contributed by atoms with Crippen LogP contribution in [0.4, 0.5) is 25.0 Å². The molecule has 0 unspecified atom stereocenters. The molecule has 194 valence electrons. The number of benzene rings is 1. The predicted octanol–water partition coefficient (Wildman–Crippen LogP) is 5.69. The molecular weight excluding hydrogens is 530 g/mol. The van der Waals surface area contributed by atoms with Crippen LogP contribution >= 0.6 is 23.1 Å². The van der Waals surface area contributed by atoms with Crippen LogP contribution in [0.3, 0.4) is 0 Å². The molecule has 9 nitrogen and oxygen atoms in total. The second-order valence-corrected chi connectivity index (χ2v) is 9.63. The van der Waals surface area contributed by atoms with Crippen LogP contribution in [0.1, 0.15) is 30.0 Å². The molecule has 0 radical (unpaired) electrons. The average Bonchev–Trinajstić information content (AvgIpc) is 3.25. The first kappa shape index (κ1) is 26.4. The van der Waals surface area contributed by atoms with E-state index in [9.17, 15) is 23.2 Å². The quantitative estimate of drug-likeness (QED) is 0.344. The number of carboxylic acid groups (broad SMARTS) is 1. The maximum atomic E-state index is 13.7. The van der Waals surface area contributed by atoms with Crippen LogP contribution in [-0.4, -0.2) is 38.4 Å². The third-order valence-corrected chi connectivity index (χ3v) is 7.20. The van der Waals surface area contributed by atoms with E-state index in [4.69, 9.17) is 21.4 Å². The molecule has 0 aliphatic heterocycles. The third-order valence-electron chi connectivity index (χ3n) is 5.90. The highest BCUT2D eigenvalue weighted by Crippen LogP contribution is 2.55. The summed E-state index contributed by atoms with van der Waals surface area (Å²) < 4.78 is 37.1. The van der Waals surface area contributed by atoms with Gasteiger partial charge in [0.25, 0.3) is 5.92 Å². The van der Waals surface area contributed by atoms with Crippen molar-refractivity contribution in [2.45, 2.75) is 32.8 Å². The molecule has 2 amide bonds. The molecule has 3 atom stereocenters. The molecule has 1 saturated carbocycles. The van der Waals surface area contributed by atoms with Crippen LogP contribution < -0.4 is 10.6 Å². The lowest BCUT2D eigenvalue weighted by atomic mass is 10.1. The van der Waals surface area contributed by atoms with Crippen LogP contribution in [0.5, 0.6) is 0 Å². The van der Waals surface area contributed by atoms with Crippen LogP contribution in [-0.2, 0) is 14.3 Å². The van der Waals surface area contributed by atoms with Crippen molar-refractivity contribution >= 4 is 52.5 Å². The number of hydrogen-bond acceptors (Lipinski definition) is 7. The normalized spacial score (nSPS) is 18.5. The van der Waals surface area contributed by atoms with Crippen LogP contribution in [0.25, 0.3) is 10.6 Å². The summed E-state index contributed by atoms with van der Waals surface area (Å²) in [6, 6.07) is 9.99. The summed E-state index contributed by atoms with van der Waals surface area (Å²) in [5.74, 6) is -10.4. The number of nitrogens with one attached hydrogen (secondary N) is 2. The topological polar surface area (TPSA) is 131 Å². The zero-order valence-corrected chi connectivity index (χ0v) is 21.3. The summed E-state index contributed by atoms with van der Waals surface area (Å²) in [5.41, 5.74) is 2.42. The zero-order valence-electron chi connectivity index (χ0n) is 19.7. The van der Waals surface area contributed by atoms with Crippen molar-refractivity contribution in [3.63, 3.8) is 0 Å². The third kappa shape index (κ3) is 5.25. The average molecular weight is 551 g/mol. The van der Waals surface area contributed by atoms with Gasteiger partial charge in [0.15, 0.2) is 0 Å². The number of carboxylic acids is 1. The van der Waals surface area contributed by atoms with E-state index in [1.807, 2.05) is 0 Å². The van der Waals surface area contributed by atoms with Crippen molar-refractivity contribution in [1.82, 2.24) is 9.36 Å². The first-order valence-electron chi connectivity index (χ1n) is 11.0. The van der Waals surface area contributed by atoms with Crippen LogP contribution in [0.15, 0.2) is 36.4 Å². The molecule has 1 fully saturated rings. The van der Waals surface area contributed by atoms with E-state index in [0.29, 0.717) is 38.2 Å². The first-order chi connectivity index (χ1) is 17.4. The van der Waals surface area contributed by atoms with Gasteiger partial charge in [-0.3, -0.25) is 14.9 Å². The zero-order chi connectivity index (χ0) is 27.1. The maximum absolute atomic E-state index is 13.7. The van der Waals surface area contributed by atoms with Crippen molar-refractivity contribution in [3.8, 4) is 10.6 Å². The molecule has 2 aromatic heterocycles. The van der Waals surface area contributed by atoms with Gasteiger partial charge in [0.05, 0.1) is 33.3 Å². The molecule has 0 saturated heterocycles. The Hall–Kier alpha value is -3.64. The van der Waals surface area contributed by atoms with Crippen molar-refractivity contribution in [2.75, 3.05) is 10.6 Å². The minimum atomic E-state index is -3.60. The lowest BCUT2D eigenvalue weighted by molar-refractivity contribution is -0.141. The molecule has 1 aromatic carbocycles. The Morgan fingerprint density at radius 3 is 2.43 bits per heavy atom. The van der Waals surface area contributed by atoms with E-state index in [1.54, 1.807) is 45.0 Å². The number of ether oxygens (including phenoxy) is 1. The van der Waals surface area contributed by atoms with E-state index in [1.165, 1.54) is 12.1 Å². The Morgan fingerprint density at radius 2 is 1.81 bits per heavy atom. The standard InChI is InChI=1S/C24H21ClF2N4O5S/c1-10-15(29-21(32)17-18(22(33)34)24(17,26)27)8-9-16(28-10)20-19(11(2)31-37-20)30-23(35)36-12(3)13-6-4-5-7-14(13)25/h4-9,12,17-18H,1-3H3,(H,29,32)(H,30,35)(H,33,34)/t12-,17-,18-/m1/s1. The number of carbonyl (C=O) groups is 3. The van der Waals surface area contributed by atoms with E-state index in [2.05, 4.69) is 20.0 Å². The number of pyridine rings is 1. The molecule has 0 bridgehead atoms. The van der Waals surface area contributed by atoms with E-state index < -0.39 is 41.8 Å². The Labute approximate surface area is 219 Å². The van der Waals surface area contributed by atoms with Gasteiger partial charge < -0.3 is 15.2 Å². The van der Waals surface area contributed by atoms with Gasteiger partial charge in [0, 0.05) is 10.6 Å². The van der Waals surface area contributed by atoms with Crippen molar-refractivity contribution in [1.29, 1.82) is 0 Å². The number of nitrogens with zero attached hydrogens (tertiary/aromatic N) is 2. The van der Waals surface area contributed by atoms with Crippen molar-refractivity contribution in [2.24, 2.45) is 11.8 Å². The SMILES string of the molecule is Cc1nc(-c2snc(C)c2NC(=O)O[C@H](C)c2ccccc2Cl)ccc1NC(=O)[C@H]1[C@H](C(=O)O)C1(F)F. The van der Waals surface area contributed by atoms with Gasteiger partial charge in [-0.2, -0.15) is 4.37 Å². The van der Waals surface area contributed by atoms with Gasteiger partial charge in [0.1, 0.15) is 17.9 Å². The Bertz CT molecular complexity index is 1400. The number of alkyl halides is 2. The number of aromatic nitrogens is 2. The van der Waals surface area contributed by atoms with E-state index in [0.717, 1.165) is 11.5 Å². The summed E-state index contributed by atoms with van der Waals surface area (Å²) in [6.07, 6.45) is -1.34. The highest BCUT2D eigenvalue weighted by Gasteiger charge is 2.76. The van der Waals surface area contributed by atoms with Gasteiger partial charge >= 0.3 is 12.1 Å². The lowest BCUT2D eigenvalue weighted by Crippen LogP contribution is -2.19. The second-order valence-electron chi connectivity index (χ2n) is 8.45. The second kappa shape index (κ2) is 10.0. The van der Waals surface area contributed by atoms with Gasteiger partial charge in [-0.1, -0.05) is 29.8 Å². The molecule has 37 heavy (non-hydrogen) atoms. The van der Waals surface area contributed by atoms with Gasteiger partial charge in [-0.25, -0.2) is 18.6 Å². The molecular formula is C24H21ClF2N4O5S. The monoisotopic (exact) mass is 550 g/mol. The number of carbonyl (C=O) groups excluding carboxylic acids is 2. The molecule has 1 aliphatic rings. The first-order valence-corrected chi connectivity index (χ1v) is 12.1. The summed E-state index contributed by atoms with van der Waals surface area (Å²) in [5, 5.41) is 14.4. The highest BCUT2D eigenvalue weighted by atomic mass is 35.5. The Kier molecular flexibility index (Phi) is 7.16. The minimum Gasteiger partial charge on any atom is -0.481 e. The van der Waals surface area contributed by atoms with Crippen LogP contribution in [0.2, 0.25) is 5.02 Å². The molecule has 2 heterocycles. The molecule has 4 rings (SSSR count). The fourth-order valence-corrected chi connectivity index (χ4v) is 4.95. The fourth-order valence-electron chi connectivity index (χ4n) is 3.84. The van der Waals surface area contributed by atoms with E-state index in [-0.39, 0.29) is 5.69 Å². The van der Waals surface area contributed by atoms with Crippen molar-refractivity contribution in [3.05, 3.63) is 58.4 Å². The number of halogens is 3. The number of hydrogen-bond donors (Lipinski definition) is 3. The van der Waals surface area contributed by atoms with Gasteiger partial charge in [-0.15, -0.1) is 0 Å². The lowest BCUT2D eigenvalue weighted by Gasteiger charge is -2.16. The largest absolute Gasteiger partial charge is 0.481 e. The van der Waals surface area contributed by atoms with E-state index >= 15 is 0 Å². The number of aliphatic carboxylic acids is 1. The molecule has 3 N–H and O–H groups in total. The number of anilines is 2. The van der Waals surface area contributed by atoms with Gasteiger partial charge in [-0.05, 0) is 50.5 Å². The molecule has 1 aliphatic carbocycles. The maximum Gasteiger partial charge on any atom is 0.412 e. The summed E-state index contributed by atoms with van der Waals surface area (Å²) >= 11 is 7.25.